The molecule has 1 nitrogen and oxygen atoms in total. The SMILES string of the molecule is C=C[SiH](O)c1ccccc1CC. The fraction of sp³-hybridized carbons (Fsp3) is 0.200. The predicted octanol–water partition coefficient (Wildman–Crippen LogP) is 0.897. The fourth-order valence-corrected chi connectivity index (χ4v) is 2.51. The molecule has 0 aliphatic carbocycles. The predicted molar refractivity (Wildman–Crippen MR) is 55.0 cm³/mol. The average Bonchev–Trinajstić information content (AvgIpc) is 2.16. The summed E-state index contributed by atoms with van der Waals surface area (Å²) in [6, 6.07) is 8.03. The van der Waals surface area contributed by atoms with Gasteiger partial charge < -0.3 is 4.80 Å². The summed E-state index contributed by atoms with van der Waals surface area (Å²) < 4.78 is 0. The van der Waals surface area contributed by atoms with Gasteiger partial charge in [-0.25, -0.2) is 0 Å². The van der Waals surface area contributed by atoms with Gasteiger partial charge in [0.05, 0.1) is 0 Å². The highest BCUT2D eigenvalue weighted by atomic mass is 28.3. The van der Waals surface area contributed by atoms with E-state index in [-0.39, 0.29) is 0 Å². The maximum absolute atomic E-state index is 9.66. The summed E-state index contributed by atoms with van der Waals surface area (Å²) in [5, 5.41) is 1.11. The van der Waals surface area contributed by atoms with Crippen molar-refractivity contribution in [2.24, 2.45) is 0 Å². The molecule has 0 amide bonds. The van der Waals surface area contributed by atoms with E-state index in [2.05, 4.69) is 19.6 Å². The Kier molecular flexibility index (Phi) is 3.26. The summed E-state index contributed by atoms with van der Waals surface area (Å²) >= 11 is 0. The van der Waals surface area contributed by atoms with Crippen molar-refractivity contribution in [3.63, 3.8) is 0 Å². The monoisotopic (exact) mass is 178 g/mol. The van der Waals surface area contributed by atoms with Gasteiger partial charge in [0.2, 0.25) is 9.04 Å². The summed E-state index contributed by atoms with van der Waals surface area (Å²) in [6.45, 7) is 5.72. The Bertz CT molecular complexity index is 270. The summed E-state index contributed by atoms with van der Waals surface area (Å²) in [5.74, 6) is 0. The van der Waals surface area contributed by atoms with Crippen LogP contribution in [0, 0.1) is 0 Å². The molecule has 0 saturated carbocycles. The number of benzene rings is 1. The first-order valence-electron chi connectivity index (χ1n) is 4.18. The van der Waals surface area contributed by atoms with Crippen molar-refractivity contribution in [3.8, 4) is 0 Å². The van der Waals surface area contributed by atoms with E-state index in [9.17, 15) is 4.80 Å². The minimum atomic E-state index is -1.83. The van der Waals surface area contributed by atoms with Crippen LogP contribution in [0.2, 0.25) is 0 Å². The first-order valence-corrected chi connectivity index (χ1v) is 5.94. The molecular formula is C10H14OSi. The fourth-order valence-electron chi connectivity index (χ4n) is 1.27. The highest BCUT2D eigenvalue weighted by Crippen LogP contribution is 1.98. The highest BCUT2D eigenvalue weighted by molar-refractivity contribution is 6.71. The van der Waals surface area contributed by atoms with Crippen molar-refractivity contribution >= 4 is 14.2 Å². The standard InChI is InChI=1S/C10H14OSi/c1-3-9-7-5-6-8-10(9)12(11)4-2/h4-8,11-12H,2-3H2,1H3. The van der Waals surface area contributed by atoms with Crippen molar-refractivity contribution < 1.29 is 4.80 Å². The zero-order valence-electron chi connectivity index (χ0n) is 7.33. The first kappa shape index (κ1) is 9.23. The Morgan fingerprint density at radius 2 is 2.17 bits per heavy atom. The zero-order chi connectivity index (χ0) is 8.97. The van der Waals surface area contributed by atoms with Gasteiger partial charge in [0.25, 0.3) is 0 Å². The molecule has 64 valence electrons. The van der Waals surface area contributed by atoms with Crippen LogP contribution < -0.4 is 5.19 Å². The van der Waals surface area contributed by atoms with Crippen LogP contribution in [0.1, 0.15) is 12.5 Å². The molecule has 1 rings (SSSR count). The lowest BCUT2D eigenvalue weighted by Gasteiger charge is -2.08. The molecule has 1 aromatic carbocycles. The third-order valence-electron chi connectivity index (χ3n) is 1.98. The molecule has 0 radical (unpaired) electrons. The van der Waals surface area contributed by atoms with E-state index in [1.165, 1.54) is 5.56 Å². The summed E-state index contributed by atoms with van der Waals surface area (Å²) in [4.78, 5) is 9.66. The van der Waals surface area contributed by atoms with Crippen molar-refractivity contribution in [1.29, 1.82) is 0 Å². The van der Waals surface area contributed by atoms with E-state index in [4.69, 9.17) is 0 Å². The van der Waals surface area contributed by atoms with Gasteiger partial charge in [-0.3, -0.25) is 0 Å². The largest absolute Gasteiger partial charge is 0.427 e. The Labute approximate surface area is 75.1 Å². The molecule has 0 bridgehead atoms. The quantitative estimate of drug-likeness (QED) is 0.682. The maximum Gasteiger partial charge on any atom is 0.228 e. The van der Waals surface area contributed by atoms with Crippen LogP contribution in [0.3, 0.4) is 0 Å². The van der Waals surface area contributed by atoms with Crippen LogP contribution >= 0.6 is 0 Å². The van der Waals surface area contributed by atoms with Gasteiger partial charge in [-0.05, 0) is 17.2 Å². The third kappa shape index (κ3) is 1.84. The Morgan fingerprint density at radius 3 is 2.75 bits per heavy atom. The molecule has 0 fully saturated rings. The molecule has 1 aromatic rings. The van der Waals surface area contributed by atoms with Gasteiger partial charge in [-0.1, -0.05) is 36.9 Å². The number of aryl methyl sites for hydroxylation is 1. The van der Waals surface area contributed by atoms with Gasteiger partial charge in [0, 0.05) is 0 Å². The Balaban J connectivity index is 3.04. The lowest BCUT2D eigenvalue weighted by molar-refractivity contribution is 0.599. The van der Waals surface area contributed by atoms with Crippen LogP contribution in [-0.2, 0) is 6.42 Å². The van der Waals surface area contributed by atoms with Crippen molar-refractivity contribution in [1.82, 2.24) is 0 Å². The van der Waals surface area contributed by atoms with Gasteiger partial charge in [0.1, 0.15) is 0 Å². The van der Waals surface area contributed by atoms with E-state index < -0.39 is 9.04 Å². The highest BCUT2D eigenvalue weighted by Gasteiger charge is 2.08. The van der Waals surface area contributed by atoms with Crippen LogP contribution in [0.15, 0.2) is 36.5 Å². The van der Waals surface area contributed by atoms with Crippen LogP contribution in [0.5, 0.6) is 0 Å². The molecular weight excluding hydrogens is 164 g/mol. The van der Waals surface area contributed by atoms with Gasteiger partial charge in [-0.2, -0.15) is 0 Å². The van der Waals surface area contributed by atoms with Crippen LogP contribution in [-0.4, -0.2) is 13.8 Å². The first-order chi connectivity index (χ1) is 5.79. The summed E-state index contributed by atoms with van der Waals surface area (Å²) in [7, 11) is -1.83. The Morgan fingerprint density at radius 1 is 1.50 bits per heavy atom. The van der Waals surface area contributed by atoms with Gasteiger partial charge in [0.15, 0.2) is 0 Å². The second-order valence-electron chi connectivity index (χ2n) is 2.73. The minimum Gasteiger partial charge on any atom is -0.427 e. The molecule has 1 atom stereocenters. The van der Waals surface area contributed by atoms with E-state index in [1.807, 2.05) is 18.2 Å². The molecule has 1 N–H and O–H groups in total. The summed E-state index contributed by atoms with van der Waals surface area (Å²) in [5.41, 5.74) is 2.94. The van der Waals surface area contributed by atoms with Crippen molar-refractivity contribution in [2.45, 2.75) is 13.3 Å². The van der Waals surface area contributed by atoms with Crippen LogP contribution in [0.4, 0.5) is 0 Å². The number of hydrogen-bond donors (Lipinski definition) is 1. The van der Waals surface area contributed by atoms with E-state index in [0.717, 1.165) is 11.6 Å². The maximum atomic E-state index is 9.66. The molecule has 0 saturated heterocycles. The molecule has 0 aromatic heterocycles. The van der Waals surface area contributed by atoms with E-state index in [0.29, 0.717) is 0 Å². The third-order valence-corrected chi connectivity index (χ3v) is 3.62. The molecule has 0 spiro atoms. The molecule has 0 aliphatic heterocycles. The van der Waals surface area contributed by atoms with E-state index in [1.54, 1.807) is 5.70 Å². The Hall–Kier alpha value is -0.863. The van der Waals surface area contributed by atoms with Gasteiger partial charge >= 0.3 is 0 Å². The lowest BCUT2D eigenvalue weighted by atomic mass is 10.2. The average molecular weight is 178 g/mol. The zero-order valence-corrected chi connectivity index (χ0v) is 8.48. The van der Waals surface area contributed by atoms with Crippen molar-refractivity contribution in [3.05, 3.63) is 42.1 Å². The number of rotatable bonds is 3. The number of hydrogen-bond acceptors (Lipinski definition) is 1. The smallest absolute Gasteiger partial charge is 0.228 e. The lowest BCUT2D eigenvalue weighted by Crippen LogP contribution is -2.30. The molecule has 1 unspecified atom stereocenters. The van der Waals surface area contributed by atoms with E-state index >= 15 is 0 Å². The molecule has 0 aliphatic rings. The summed E-state index contributed by atoms with van der Waals surface area (Å²) in [6.07, 6.45) is 0.980. The topological polar surface area (TPSA) is 20.2 Å². The second kappa shape index (κ2) is 4.23. The minimum absolute atomic E-state index is 0.980. The van der Waals surface area contributed by atoms with Gasteiger partial charge in [-0.15, -0.1) is 6.58 Å². The normalized spacial score (nSPS) is 12.5. The van der Waals surface area contributed by atoms with Crippen molar-refractivity contribution in [2.75, 3.05) is 0 Å². The molecule has 2 heteroatoms. The second-order valence-corrected chi connectivity index (χ2v) is 4.72. The molecule has 12 heavy (non-hydrogen) atoms. The van der Waals surface area contributed by atoms with Crippen LogP contribution in [0.25, 0.3) is 0 Å². The molecule has 0 heterocycles.